The molecule has 1 saturated heterocycles. The van der Waals surface area contributed by atoms with Crippen molar-refractivity contribution < 1.29 is 4.79 Å². The van der Waals surface area contributed by atoms with Gasteiger partial charge in [0, 0.05) is 5.92 Å². The molecule has 1 fully saturated rings. The van der Waals surface area contributed by atoms with E-state index in [1.165, 1.54) is 11.1 Å². The van der Waals surface area contributed by atoms with Crippen LogP contribution in [0.4, 0.5) is 0 Å². The number of rotatable bonds is 5. The fraction of sp³-hybridized carbons (Fsp3) is 0.588. The molecule has 1 aromatic carbocycles. The number of Topliss-reactive ketones (excluding diaryl/α,β-unsaturated/α-hetero) is 1. The number of nitrogens with one attached hydrogen (secondary N) is 1. The van der Waals surface area contributed by atoms with Crippen LogP contribution in [0.25, 0.3) is 0 Å². The van der Waals surface area contributed by atoms with E-state index in [9.17, 15) is 4.79 Å². The van der Waals surface area contributed by atoms with Gasteiger partial charge in [-0.3, -0.25) is 4.79 Å². The molecule has 1 heterocycles. The fourth-order valence-corrected chi connectivity index (χ4v) is 3.22. The van der Waals surface area contributed by atoms with Gasteiger partial charge in [0.05, 0.1) is 0 Å². The minimum atomic E-state index is 0.252. The van der Waals surface area contributed by atoms with Gasteiger partial charge in [-0.1, -0.05) is 24.3 Å². The molecule has 2 rings (SSSR count). The molecule has 1 aliphatic rings. The highest BCUT2D eigenvalue weighted by molar-refractivity contribution is 5.78. The number of ketones is 1. The lowest BCUT2D eigenvalue weighted by Gasteiger charge is -2.29. The number of hydrogen-bond acceptors (Lipinski definition) is 2. The first kappa shape index (κ1) is 14.3. The summed E-state index contributed by atoms with van der Waals surface area (Å²) in [5, 5.41) is 3.38. The Hall–Kier alpha value is -1.15. The van der Waals surface area contributed by atoms with E-state index in [0.717, 1.165) is 38.8 Å². The van der Waals surface area contributed by atoms with Gasteiger partial charge in [0.15, 0.2) is 0 Å². The smallest absolute Gasteiger partial charge is 0.133 e. The second-order valence-electron chi connectivity index (χ2n) is 5.77. The minimum Gasteiger partial charge on any atom is -0.317 e. The summed E-state index contributed by atoms with van der Waals surface area (Å²) in [4.78, 5) is 11.9. The first-order valence-electron chi connectivity index (χ1n) is 7.44. The van der Waals surface area contributed by atoms with Crippen LogP contribution in [0.5, 0.6) is 0 Å². The SMILES string of the molecule is CC(=O)C(CCc1ccccc1C)C1CCNCC1. The van der Waals surface area contributed by atoms with Gasteiger partial charge < -0.3 is 5.32 Å². The zero-order valence-electron chi connectivity index (χ0n) is 12.1. The van der Waals surface area contributed by atoms with Crippen molar-refractivity contribution in [3.63, 3.8) is 0 Å². The zero-order chi connectivity index (χ0) is 13.7. The molecule has 1 unspecified atom stereocenters. The van der Waals surface area contributed by atoms with Crippen LogP contribution in [0.15, 0.2) is 24.3 Å². The van der Waals surface area contributed by atoms with Gasteiger partial charge in [-0.15, -0.1) is 0 Å². The lowest BCUT2D eigenvalue weighted by atomic mass is 9.79. The number of hydrogen-bond donors (Lipinski definition) is 1. The summed E-state index contributed by atoms with van der Waals surface area (Å²) >= 11 is 0. The molecule has 0 amide bonds. The van der Waals surface area contributed by atoms with Crippen molar-refractivity contribution >= 4 is 5.78 Å². The molecule has 2 heteroatoms. The minimum absolute atomic E-state index is 0.252. The van der Waals surface area contributed by atoms with Crippen LogP contribution in [0.2, 0.25) is 0 Å². The van der Waals surface area contributed by atoms with Crippen LogP contribution in [-0.4, -0.2) is 18.9 Å². The Morgan fingerprint density at radius 2 is 2.00 bits per heavy atom. The zero-order valence-corrected chi connectivity index (χ0v) is 12.1. The quantitative estimate of drug-likeness (QED) is 0.880. The number of aryl methyl sites for hydroxylation is 2. The average molecular weight is 259 g/mol. The van der Waals surface area contributed by atoms with Gasteiger partial charge in [0.25, 0.3) is 0 Å². The van der Waals surface area contributed by atoms with Gasteiger partial charge in [0.1, 0.15) is 5.78 Å². The predicted octanol–water partition coefficient (Wildman–Crippen LogP) is 3.13. The third kappa shape index (κ3) is 3.90. The molecule has 2 nitrogen and oxygen atoms in total. The molecule has 0 bridgehead atoms. The Morgan fingerprint density at radius 3 is 2.63 bits per heavy atom. The van der Waals surface area contributed by atoms with E-state index in [1.807, 2.05) is 0 Å². The molecule has 0 aliphatic carbocycles. The maximum atomic E-state index is 11.9. The molecule has 0 spiro atoms. The largest absolute Gasteiger partial charge is 0.317 e. The van der Waals surface area contributed by atoms with Gasteiger partial charge in [-0.2, -0.15) is 0 Å². The standard InChI is InChI=1S/C17H25NO/c1-13-5-3-4-6-15(13)7-8-17(14(2)19)16-9-11-18-12-10-16/h3-6,16-18H,7-12H2,1-2H3. The van der Waals surface area contributed by atoms with E-state index >= 15 is 0 Å². The van der Waals surface area contributed by atoms with Crippen molar-refractivity contribution in [2.75, 3.05) is 13.1 Å². The number of carbonyl (C=O) groups is 1. The molecule has 19 heavy (non-hydrogen) atoms. The first-order valence-corrected chi connectivity index (χ1v) is 7.44. The highest BCUT2D eigenvalue weighted by Crippen LogP contribution is 2.27. The van der Waals surface area contributed by atoms with Crippen molar-refractivity contribution in [2.45, 2.75) is 39.5 Å². The average Bonchev–Trinajstić information content (AvgIpc) is 2.42. The van der Waals surface area contributed by atoms with Crippen molar-refractivity contribution in [1.82, 2.24) is 5.32 Å². The van der Waals surface area contributed by atoms with Gasteiger partial charge >= 0.3 is 0 Å². The molecule has 0 radical (unpaired) electrons. The summed E-state index contributed by atoms with van der Waals surface area (Å²) in [5.74, 6) is 1.21. The van der Waals surface area contributed by atoms with Crippen molar-refractivity contribution in [2.24, 2.45) is 11.8 Å². The molecule has 104 valence electrons. The Bertz CT molecular complexity index is 421. The van der Waals surface area contributed by atoms with Gasteiger partial charge in [-0.25, -0.2) is 0 Å². The molecular formula is C17H25NO. The van der Waals surface area contributed by atoms with E-state index in [1.54, 1.807) is 6.92 Å². The maximum Gasteiger partial charge on any atom is 0.133 e. The van der Waals surface area contributed by atoms with E-state index < -0.39 is 0 Å². The van der Waals surface area contributed by atoms with Crippen LogP contribution in [0.1, 0.15) is 37.3 Å². The van der Waals surface area contributed by atoms with Crippen molar-refractivity contribution in [3.8, 4) is 0 Å². The summed E-state index contributed by atoms with van der Waals surface area (Å²) in [6, 6.07) is 8.52. The molecule has 1 atom stereocenters. The molecule has 0 aromatic heterocycles. The second-order valence-corrected chi connectivity index (χ2v) is 5.77. The van der Waals surface area contributed by atoms with E-state index in [4.69, 9.17) is 0 Å². The lowest BCUT2D eigenvalue weighted by molar-refractivity contribution is -0.122. The van der Waals surface area contributed by atoms with Crippen molar-refractivity contribution in [1.29, 1.82) is 0 Å². The second kappa shape index (κ2) is 6.85. The highest BCUT2D eigenvalue weighted by atomic mass is 16.1. The van der Waals surface area contributed by atoms with Crippen LogP contribution in [-0.2, 0) is 11.2 Å². The third-order valence-electron chi connectivity index (χ3n) is 4.46. The van der Waals surface area contributed by atoms with Gasteiger partial charge in [-0.05, 0) is 69.7 Å². The Morgan fingerprint density at radius 1 is 1.32 bits per heavy atom. The number of carbonyl (C=O) groups excluding carboxylic acids is 1. The Labute approximate surface area is 116 Å². The third-order valence-corrected chi connectivity index (χ3v) is 4.46. The predicted molar refractivity (Wildman–Crippen MR) is 79.3 cm³/mol. The van der Waals surface area contributed by atoms with Crippen LogP contribution >= 0.6 is 0 Å². The Balaban J connectivity index is 1.97. The summed E-state index contributed by atoms with van der Waals surface area (Å²) in [6.45, 7) is 6.06. The number of benzene rings is 1. The summed E-state index contributed by atoms with van der Waals surface area (Å²) in [7, 11) is 0. The van der Waals surface area contributed by atoms with E-state index in [-0.39, 0.29) is 5.92 Å². The maximum absolute atomic E-state index is 11.9. The van der Waals surface area contributed by atoms with Crippen LogP contribution in [0, 0.1) is 18.8 Å². The molecular weight excluding hydrogens is 234 g/mol. The molecule has 1 N–H and O–H groups in total. The first-order chi connectivity index (χ1) is 9.18. The fourth-order valence-electron chi connectivity index (χ4n) is 3.22. The van der Waals surface area contributed by atoms with E-state index in [2.05, 4.69) is 36.5 Å². The summed E-state index contributed by atoms with van der Waals surface area (Å²) < 4.78 is 0. The summed E-state index contributed by atoms with van der Waals surface area (Å²) in [5.41, 5.74) is 2.73. The lowest BCUT2D eigenvalue weighted by Crippen LogP contribution is -2.34. The summed E-state index contributed by atoms with van der Waals surface area (Å²) in [6.07, 6.45) is 4.34. The monoisotopic (exact) mass is 259 g/mol. The molecule has 1 aliphatic heterocycles. The normalized spacial score (nSPS) is 18.2. The topological polar surface area (TPSA) is 29.1 Å². The van der Waals surface area contributed by atoms with Gasteiger partial charge in [0.2, 0.25) is 0 Å². The molecule has 1 aromatic rings. The van der Waals surface area contributed by atoms with Crippen LogP contribution in [0.3, 0.4) is 0 Å². The number of piperidine rings is 1. The molecule has 0 saturated carbocycles. The Kier molecular flexibility index (Phi) is 5.15. The van der Waals surface area contributed by atoms with Crippen LogP contribution < -0.4 is 5.32 Å². The van der Waals surface area contributed by atoms with Crippen molar-refractivity contribution in [3.05, 3.63) is 35.4 Å². The van der Waals surface area contributed by atoms with E-state index in [0.29, 0.717) is 11.7 Å². The highest BCUT2D eigenvalue weighted by Gasteiger charge is 2.26.